The highest BCUT2D eigenvalue weighted by molar-refractivity contribution is 5.86. The van der Waals surface area contributed by atoms with E-state index in [1.807, 2.05) is 19.0 Å². The Hall–Kier alpha value is -1.30. The molecule has 0 rings (SSSR count). The number of nitrogens with zero attached hydrogens (tertiary/aromatic N) is 2. The number of hydrogen-bond acceptors (Lipinski definition) is 3. The van der Waals surface area contributed by atoms with E-state index in [9.17, 15) is 14.7 Å². The number of hydrogen-bond donors (Lipinski definition) is 2. The Labute approximate surface area is 115 Å². The first-order valence-electron chi connectivity index (χ1n) is 6.70. The number of nitrogens with one attached hydrogen (secondary N) is 1. The molecule has 0 unspecified atom stereocenters. The van der Waals surface area contributed by atoms with Crippen LogP contribution in [-0.4, -0.2) is 66.7 Å². The van der Waals surface area contributed by atoms with Gasteiger partial charge >= 0.3 is 12.0 Å². The van der Waals surface area contributed by atoms with Crippen LogP contribution >= 0.6 is 0 Å². The fourth-order valence-corrected chi connectivity index (χ4v) is 1.81. The van der Waals surface area contributed by atoms with Crippen LogP contribution in [0.5, 0.6) is 0 Å². The van der Waals surface area contributed by atoms with Gasteiger partial charge in [0.2, 0.25) is 0 Å². The minimum Gasteiger partial charge on any atom is -0.480 e. The van der Waals surface area contributed by atoms with E-state index >= 15 is 0 Å². The van der Waals surface area contributed by atoms with Crippen LogP contribution in [-0.2, 0) is 4.79 Å². The molecule has 0 saturated carbocycles. The summed E-state index contributed by atoms with van der Waals surface area (Å²) < 4.78 is 0. The third kappa shape index (κ3) is 5.46. The number of carbonyl (C=O) groups excluding carboxylic acids is 1. The first-order chi connectivity index (χ1) is 8.79. The van der Waals surface area contributed by atoms with Crippen LogP contribution in [0.2, 0.25) is 0 Å². The van der Waals surface area contributed by atoms with E-state index < -0.39 is 11.5 Å². The lowest BCUT2D eigenvalue weighted by atomic mass is 9.93. The third-order valence-electron chi connectivity index (χ3n) is 3.41. The highest BCUT2D eigenvalue weighted by Gasteiger charge is 2.37. The second kappa shape index (κ2) is 7.99. The number of urea groups is 1. The van der Waals surface area contributed by atoms with Crippen molar-refractivity contribution >= 4 is 12.0 Å². The Kier molecular flexibility index (Phi) is 7.44. The van der Waals surface area contributed by atoms with Crippen LogP contribution in [0, 0.1) is 0 Å². The summed E-state index contributed by atoms with van der Waals surface area (Å²) in [5.41, 5.74) is -1.16. The summed E-state index contributed by atoms with van der Waals surface area (Å²) in [5, 5.41) is 11.9. The van der Waals surface area contributed by atoms with E-state index in [0.29, 0.717) is 19.4 Å². The van der Waals surface area contributed by atoms with Crippen molar-refractivity contribution in [2.24, 2.45) is 0 Å². The van der Waals surface area contributed by atoms with Crippen molar-refractivity contribution in [1.82, 2.24) is 15.1 Å². The number of amides is 2. The van der Waals surface area contributed by atoms with Gasteiger partial charge in [0.25, 0.3) is 0 Å². The number of carboxylic acid groups (broad SMARTS) is 1. The molecule has 0 fully saturated rings. The molecule has 0 spiro atoms. The van der Waals surface area contributed by atoms with Gasteiger partial charge in [-0.2, -0.15) is 0 Å². The lowest BCUT2D eigenvalue weighted by molar-refractivity contribution is -0.144. The summed E-state index contributed by atoms with van der Waals surface area (Å²) in [6, 6.07) is -0.329. The topological polar surface area (TPSA) is 72.9 Å². The van der Waals surface area contributed by atoms with Gasteiger partial charge in [-0.05, 0) is 39.9 Å². The maximum atomic E-state index is 12.0. The number of carboxylic acids is 1. The number of aliphatic carboxylic acids is 1. The molecule has 6 nitrogen and oxygen atoms in total. The molecule has 0 aliphatic rings. The van der Waals surface area contributed by atoms with Gasteiger partial charge in [-0.3, -0.25) is 0 Å². The number of rotatable bonds is 8. The maximum absolute atomic E-state index is 12.0. The zero-order valence-electron chi connectivity index (χ0n) is 12.7. The van der Waals surface area contributed by atoms with Gasteiger partial charge in [0, 0.05) is 13.6 Å². The summed E-state index contributed by atoms with van der Waals surface area (Å²) in [4.78, 5) is 26.9. The molecule has 0 radical (unpaired) electrons. The van der Waals surface area contributed by atoms with E-state index in [0.717, 1.165) is 13.0 Å². The van der Waals surface area contributed by atoms with Crippen molar-refractivity contribution in [3.05, 3.63) is 0 Å². The number of carbonyl (C=O) groups is 2. The summed E-state index contributed by atoms with van der Waals surface area (Å²) >= 11 is 0. The van der Waals surface area contributed by atoms with Crippen molar-refractivity contribution < 1.29 is 14.7 Å². The second-order valence-corrected chi connectivity index (χ2v) is 5.10. The SMILES string of the molecule is CCC(CC)(NC(=O)N(C)CCCN(C)C)C(=O)O. The molecular formula is C13H27N3O3. The molecule has 2 N–H and O–H groups in total. The van der Waals surface area contributed by atoms with Gasteiger partial charge in [-0.15, -0.1) is 0 Å². The van der Waals surface area contributed by atoms with E-state index in [2.05, 4.69) is 5.32 Å². The monoisotopic (exact) mass is 273 g/mol. The molecule has 0 atom stereocenters. The average molecular weight is 273 g/mol. The van der Waals surface area contributed by atoms with Crippen LogP contribution in [0.15, 0.2) is 0 Å². The molecule has 0 aliphatic carbocycles. The molecule has 0 aliphatic heterocycles. The van der Waals surface area contributed by atoms with E-state index in [4.69, 9.17) is 0 Å². The first-order valence-corrected chi connectivity index (χ1v) is 6.70. The highest BCUT2D eigenvalue weighted by atomic mass is 16.4. The van der Waals surface area contributed by atoms with Gasteiger partial charge in [0.05, 0.1) is 0 Å². The molecule has 0 heterocycles. The zero-order valence-corrected chi connectivity index (χ0v) is 12.7. The molecule has 6 heteroatoms. The molecule has 0 aromatic heterocycles. The molecule has 0 saturated heterocycles. The lowest BCUT2D eigenvalue weighted by Gasteiger charge is -2.30. The minimum absolute atomic E-state index is 0.329. The zero-order chi connectivity index (χ0) is 15.1. The van der Waals surface area contributed by atoms with Crippen LogP contribution in [0.4, 0.5) is 4.79 Å². The molecule has 0 aromatic carbocycles. The fourth-order valence-electron chi connectivity index (χ4n) is 1.81. The summed E-state index contributed by atoms with van der Waals surface area (Å²) in [6.07, 6.45) is 1.60. The van der Waals surface area contributed by atoms with Crippen molar-refractivity contribution in [3.63, 3.8) is 0 Å². The van der Waals surface area contributed by atoms with Gasteiger partial charge in [-0.25, -0.2) is 9.59 Å². The largest absolute Gasteiger partial charge is 0.480 e. The van der Waals surface area contributed by atoms with Gasteiger partial charge < -0.3 is 20.2 Å². The van der Waals surface area contributed by atoms with Crippen molar-refractivity contribution in [1.29, 1.82) is 0 Å². The molecule has 2 amide bonds. The summed E-state index contributed by atoms with van der Waals surface area (Å²) in [5.74, 6) is -0.979. The standard InChI is InChI=1S/C13H27N3O3/c1-6-13(7-2,11(17)18)14-12(19)16(5)10-8-9-15(3)4/h6-10H2,1-5H3,(H,14,19)(H,17,18). The van der Waals surface area contributed by atoms with Crippen molar-refractivity contribution in [2.45, 2.75) is 38.6 Å². The predicted octanol–water partition coefficient (Wildman–Crippen LogP) is 1.22. The Morgan fingerprint density at radius 3 is 2.00 bits per heavy atom. The maximum Gasteiger partial charge on any atom is 0.329 e. The average Bonchev–Trinajstić information content (AvgIpc) is 2.34. The minimum atomic E-state index is -1.16. The van der Waals surface area contributed by atoms with Crippen LogP contribution in [0.3, 0.4) is 0 Å². The van der Waals surface area contributed by atoms with Gasteiger partial charge in [0.15, 0.2) is 0 Å². The molecular weight excluding hydrogens is 246 g/mol. The van der Waals surface area contributed by atoms with E-state index in [1.165, 1.54) is 4.90 Å². The molecule has 112 valence electrons. The van der Waals surface area contributed by atoms with Crippen LogP contribution in [0.25, 0.3) is 0 Å². The quantitative estimate of drug-likeness (QED) is 0.697. The van der Waals surface area contributed by atoms with Gasteiger partial charge in [-0.1, -0.05) is 13.8 Å². The first kappa shape index (κ1) is 17.7. The summed E-state index contributed by atoms with van der Waals surface area (Å²) in [7, 11) is 5.64. The molecule has 0 bridgehead atoms. The Morgan fingerprint density at radius 1 is 1.11 bits per heavy atom. The van der Waals surface area contributed by atoms with Crippen LogP contribution in [0.1, 0.15) is 33.1 Å². The Balaban J connectivity index is 4.44. The van der Waals surface area contributed by atoms with E-state index in [-0.39, 0.29) is 6.03 Å². The van der Waals surface area contributed by atoms with Crippen molar-refractivity contribution in [2.75, 3.05) is 34.2 Å². The lowest BCUT2D eigenvalue weighted by Crippen LogP contribution is -2.56. The third-order valence-corrected chi connectivity index (χ3v) is 3.41. The molecule has 19 heavy (non-hydrogen) atoms. The molecule has 0 aromatic rings. The van der Waals surface area contributed by atoms with E-state index in [1.54, 1.807) is 20.9 Å². The Morgan fingerprint density at radius 2 is 1.63 bits per heavy atom. The smallest absolute Gasteiger partial charge is 0.329 e. The fraction of sp³-hybridized carbons (Fsp3) is 0.846. The highest BCUT2D eigenvalue weighted by Crippen LogP contribution is 2.15. The van der Waals surface area contributed by atoms with Crippen LogP contribution < -0.4 is 5.32 Å². The Bertz CT molecular complexity index is 302. The predicted molar refractivity (Wildman–Crippen MR) is 75.3 cm³/mol. The second-order valence-electron chi connectivity index (χ2n) is 5.10. The van der Waals surface area contributed by atoms with Crippen molar-refractivity contribution in [3.8, 4) is 0 Å². The van der Waals surface area contributed by atoms with Gasteiger partial charge in [0.1, 0.15) is 5.54 Å². The summed E-state index contributed by atoms with van der Waals surface area (Å²) in [6.45, 7) is 5.03. The normalized spacial score (nSPS) is 11.5.